The fourth-order valence-electron chi connectivity index (χ4n) is 5.62. The van der Waals surface area contributed by atoms with Crippen LogP contribution in [-0.4, -0.2) is 129 Å². The van der Waals surface area contributed by atoms with Crippen molar-refractivity contribution in [2.45, 2.75) is 36.8 Å². The molecule has 5 heterocycles. The highest BCUT2D eigenvalue weighted by atomic mass is 19.1. The molecule has 5 fully saturated rings. The second-order valence-electron chi connectivity index (χ2n) is 9.66. The van der Waals surface area contributed by atoms with Gasteiger partial charge in [0.25, 0.3) is 0 Å². The lowest BCUT2D eigenvalue weighted by Crippen LogP contribution is -2.68. The molecule has 0 saturated carbocycles. The van der Waals surface area contributed by atoms with Gasteiger partial charge in [0.05, 0.1) is 49.5 Å². The zero-order valence-electron chi connectivity index (χ0n) is 18.6. The molecule has 7 atom stereocenters. The molecule has 5 rings (SSSR count). The summed E-state index contributed by atoms with van der Waals surface area (Å²) in [5.74, 6) is -0.855. The van der Waals surface area contributed by atoms with Gasteiger partial charge in [-0.3, -0.25) is 19.8 Å². The van der Waals surface area contributed by atoms with Crippen molar-refractivity contribution in [2.24, 2.45) is 17.6 Å². The quantitative estimate of drug-likeness (QED) is 0.284. The van der Waals surface area contributed by atoms with Crippen LogP contribution in [0.15, 0.2) is 0 Å². The largest absolute Gasteiger partial charge is 0.380 e. The van der Waals surface area contributed by atoms with Crippen LogP contribution in [0.1, 0.15) is 0 Å². The first-order chi connectivity index (χ1) is 15.9. The zero-order valence-corrected chi connectivity index (χ0v) is 18.6. The molecule has 2 amide bonds. The number of piperidine rings is 1. The first-order valence-corrected chi connectivity index (χ1v) is 11.8. The van der Waals surface area contributed by atoms with Crippen LogP contribution < -0.4 is 27.1 Å². The molecule has 11 nitrogen and oxygen atoms in total. The maximum Gasteiger partial charge on any atom is 0.230 e. The van der Waals surface area contributed by atoms with Crippen LogP contribution in [0.5, 0.6) is 0 Å². The summed E-state index contributed by atoms with van der Waals surface area (Å²) in [5, 5.41) is 10.8. The third kappa shape index (κ3) is 4.59. The number of carbonyl (C=O) groups is 2. The molecule has 0 aromatic carbocycles. The van der Waals surface area contributed by atoms with Gasteiger partial charge in [0.1, 0.15) is 12.3 Å². The van der Waals surface area contributed by atoms with Crippen molar-refractivity contribution in [2.75, 3.05) is 65.6 Å². The molecule has 0 aliphatic carbocycles. The molecule has 0 spiro atoms. The molecule has 0 aromatic heterocycles. The van der Waals surface area contributed by atoms with Gasteiger partial charge in [0, 0.05) is 52.4 Å². The molecule has 6 N–H and O–H groups in total. The number of piperazine rings is 1. The number of nitrogens with two attached hydrogens (primary N) is 1. The Bertz CT molecular complexity index is 738. The highest BCUT2D eigenvalue weighted by molar-refractivity contribution is 5.81. The third-order valence-electron chi connectivity index (χ3n) is 7.47. The third-order valence-corrected chi connectivity index (χ3v) is 7.47. The van der Waals surface area contributed by atoms with Gasteiger partial charge in [-0.15, -0.1) is 0 Å². The van der Waals surface area contributed by atoms with Crippen molar-refractivity contribution >= 4 is 11.8 Å². The van der Waals surface area contributed by atoms with Gasteiger partial charge >= 0.3 is 0 Å². The van der Waals surface area contributed by atoms with E-state index in [9.17, 15) is 14.0 Å². The van der Waals surface area contributed by atoms with Gasteiger partial charge in [0.2, 0.25) is 11.8 Å². The Morgan fingerprint density at radius 3 is 2.52 bits per heavy atom. The molecule has 0 aromatic rings. The minimum atomic E-state index is -1.15. The van der Waals surface area contributed by atoms with E-state index in [1.807, 2.05) is 9.80 Å². The number of fused-ring (bicyclic) bond motifs is 1. The van der Waals surface area contributed by atoms with Crippen LogP contribution in [-0.2, 0) is 14.3 Å². The summed E-state index contributed by atoms with van der Waals surface area (Å²) < 4.78 is 33.9. The van der Waals surface area contributed by atoms with Gasteiger partial charge < -0.3 is 26.0 Å². The number of ether oxygens (including phenoxy) is 1. The van der Waals surface area contributed by atoms with E-state index in [1.54, 1.807) is 5.01 Å². The van der Waals surface area contributed by atoms with Gasteiger partial charge in [0.15, 0.2) is 0 Å². The van der Waals surface area contributed by atoms with Gasteiger partial charge in [-0.05, 0) is 0 Å². The second-order valence-corrected chi connectivity index (χ2v) is 9.66. The van der Waals surface area contributed by atoms with E-state index in [4.69, 9.17) is 10.5 Å². The highest BCUT2D eigenvalue weighted by Crippen LogP contribution is 2.24. The number of carbonyl (C=O) groups excluding carboxylic acids is 2. The van der Waals surface area contributed by atoms with Crippen molar-refractivity contribution < 1.29 is 23.1 Å². The average Bonchev–Trinajstić information content (AvgIpc) is 3.07. The van der Waals surface area contributed by atoms with Crippen LogP contribution in [0, 0.1) is 11.8 Å². The summed E-state index contributed by atoms with van der Waals surface area (Å²) in [4.78, 5) is 29.6. The summed E-state index contributed by atoms with van der Waals surface area (Å²) in [7, 11) is 0. The topological polar surface area (TPSA) is 127 Å². The van der Waals surface area contributed by atoms with Crippen LogP contribution in [0.2, 0.25) is 0 Å². The Hall–Kier alpha value is -1.48. The fourth-order valence-corrected chi connectivity index (χ4v) is 5.62. The van der Waals surface area contributed by atoms with E-state index in [0.29, 0.717) is 45.9 Å². The van der Waals surface area contributed by atoms with Gasteiger partial charge in [-0.2, -0.15) is 0 Å². The number of hydrogen-bond acceptors (Lipinski definition) is 9. The Labute approximate surface area is 191 Å². The number of halogens is 2. The van der Waals surface area contributed by atoms with E-state index in [0.717, 1.165) is 0 Å². The number of hydrazine groups is 1. The number of rotatable bonds is 4. The number of nitrogens with zero attached hydrogens (tertiary/aromatic N) is 3. The highest BCUT2D eigenvalue weighted by Gasteiger charge is 2.48. The first kappa shape index (κ1) is 23.3. The molecule has 33 heavy (non-hydrogen) atoms. The minimum absolute atomic E-state index is 0.0544. The first-order valence-electron chi connectivity index (χ1n) is 11.8. The maximum absolute atomic E-state index is 15.1. The Morgan fingerprint density at radius 2 is 1.82 bits per heavy atom. The zero-order chi connectivity index (χ0) is 23.1. The van der Waals surface area contributed by atoms with E-state index < -0.39 is 42.7 Å². The lowest BCUT2D eigenvalue weighted by atomic mass is 9.94. The predicted molar refractivity (Wildman–Crippen MR) is 114 cm³/mol. The Morgan fingerprint density at radius 1 is 1.06 bits per heavy atom. The van der Waals surface area contributed by atoms with Crippen molar-refractivity contribution in [1.29, 1.82) is 0 Å². The Balaban J connectivity index is 1.21. The number of nitrogens with one attached hydrogen (secondary N) is 4. The lowest BCUT2D eigenvalue weighted by Gasteiger charge is -2.46. The minimum Gasteiger partial charge on any atom is -0.380 e. The monoisotopic (exact) mass is 472 g/mol. The number of alkyl halides is 2. The number of amides is 2. The van der Waals surface area contributed by atoms with E-state index in [-0.39, 0.29) is 37.4 Å². The predicted octanol–water partition coefficient (Wildman–Crippen LogP) is -3.44. The summed E-state index contributed by atoms with van der Waals surface area (Å²) in [5.41, 5.74) is 9.13. The molecule has 7 unspecified atom stereocenters. The summed E-state index contributed by atoms with van der Waals surface area (Å²) in [6.45, 7) is 4.12. The Kier molecular flexibility index (Phi) is 6.80. The lowest BCUT2D eigenvalue weighted by molar-refractivity contribution is -0.152. The van der Waals surface area contributed by atoms with E-state index >= 15 is 4.39 Å². The molecule has 5 saturated heterocycles. The second kappa shape index (κ2) is 9.64. The smallest absolute Gasteiger partial charge is 0.230 e. The molecular formula is C20H34F2N8O3. The molecule has 13 heteroatoms. The van der Waals surface area contributed by atoms with Crippen molar-refractivity contribution in [3.05, 3.63) is 0 Å². The van der Waals surface area contributed by atoms with Crippen LogP contribution in [0.3, 0.4) is 0 Å². The fraction of sp³-hybridized carbons (Fsp3) is 0.900. The maximum atomic E-state index is 15.1. The summed E-state index contributed by atoms with van der Waals surface area (Å²) in [6.07, 6.45) is -3.26. The van der Waals surface area contributed by atoms with E-state index in [2.05, 4.69) is 21.4 Å². The SMILES string of the molecule is NC1NN2CC(F)CNC2C1C(=O)NC1CNCC(F)C1N1CCN(C(=O)C2COC2)CC1. The molecule has 0 radical (unpaired) electrons. The van der Waals surface area contributed by atoms with Crippen molar-refractivity contribution in [3.8, 4) is 0 Å². The molecule has 186 valence electrons. The summed E-state index contributed by atoms with van der Waals surface area (Å²) >= 11 is 0. The molecule has 5 aliphatic rings. The summed E-state index contributed by atoms with van der Waals surface area (Å²) in [6, 6.07) is -0.932. The van der Waals surface area contributed by atoms with E-state index in [1.165, 1.54) is 0 Å². The molecular weight excluding hydrogens is 438 g/mol. The molecule has 5 aliphatic heterocycles. The van der Waals surface area contributed by atoms with Crippen LogP contribution >= 0.6 is 0 Å². The average molecular weight is 473 g/mol. The van der Waals surface area contributed by atoms with Gasteiger partial charge in [-0.1, -0.05) is 0 Å². The normalized spacial score (nSPS) is 40.8. The van der Waals surface area contributed by atoms with Crippen LogP contribution in [0.25, 0.3) is 0 Å². The molecule has 0 bridgehead atoms. The van der Waals surface area contributed by atoms with Gasteiger partial charge in [-0.25, -0.2) is 19.2 Å². The van der Waals surface area contributed by atoms with Crippen molar-refractivity contribution in [3.63, 3.8) is 0 Å². The van der Waals surface area contributed by atoms with Crippen molar-refractivity contribution in [1.82, 2.24) is 36.2 Å². The number of hydrogen-bond donors (Lipinski definition) is 5. The van der Waals surface area contributed by atoms with Crippen LogP contribution in [0.4, 0.5) is 8.78 Å². The standard InChI is InChI=1S/C20H34F2N8O3/c21-12-5-25-18-15(17(23)27-30(18)8-12)19(31)26-14-7-24-6-13(22)16(14)28-1-3-29(4-2-28)20(32)11-9-33-10-11/h11-18,24-25,27H,1-10,23H2,(H,26,31).